The molecule has 1 saturated heterocycles. The Morgan fingerprint density at radius 3 is 2.50 bits per heavy atom. The Morgan fingerprint density at radius 1 is 1.38 bits per heavy atom. The fraction of sp³-hybridized carbons (Fsp3) is 1.00. The summed E-state index contributed by atoms with van der Waals surface area (Å²) >= 11 is 0. The molecule has 3 unspecified atom stereocenters. The molecule has 2 N–H and O–H groups in total. The summed E-state index contributed by atoms with van der Waals surface area (Å²) in [6.07, 6.45) is 1.33. The zero-order valence-electron chi connectivity index (χ0n) is 11.3. The lowest BCUT2D eigenvalue weighted by atomic mass is 9.95. The highest BCUT2D eigenvalue weighted by Gasteiger charge is 2.31. The molecule has 0 spiro atoms. The van der Waals surface area contributed by atoms with E-state index in [0.717, 1.165) is 25.0 Å². The Kier molecular flexibility index (Phi) is 5.73. The van der Waals surface area contributed by atoms with Crippen molar-refractivity contribution < 1.29 is 4.74 Å². The molecule has 0 radical (unpaired) electrons. The highest BCUT2D eigenvalue weighted by molar-refractivity contribution is 4.85. The summed E-state index contributed by atoms with van der Waals surface area (Å²) in [4.78, 5) is 2.56. The van der Waals surface area contributed by atoms with Crippen molar-refractivity contribution in [3.63, 3.8) is 0 Å². The number of ether oxygens (including phenoxy) is 1. The smallest absolute Gasteiger partial charge is 0.0503 e. The van der Waals surface area contributed by atoms with E-state index in [-0.39, 0.29) is 0 Å². The van der Waals surface area contributed by atoms with Crippen LogP contribution in [0.4, 0.5) is 0 Å². The molecule has 1 aliphatic heterocycles. The lowest BCUT2D eigenvalue weighted by Crippen LogP contribution is -2.45. The summed E-state index contributed by atoms with van der Waals surface area (Å²) in [7, 11) is 1.77. The Hall–Kier alpha value is -0.120. The summed E-state index contributed by atoms with van der Waals surface area (Å²) in [6.45, 7) is 10.9. The van der Waals surface area contributed by atoms with E-state index in [1.165, 1.54) is 19.5 Å². The fourth-order valence-corrected chi connectivity index (χ4v) is 2.78. The Balaban J connectivity index is 2.49. The minimum Gasteiger partial charge on any atom is -0.384 e. The zero-order valence-corrected chi connectivity index (χ0v) is 11.3. The highest BCUT2D eigenvalue weighted by atomic mass is 16.5. The molecule has 3 nitrogen and oxygen atoms in total. The molecule has 0 aliphatic carbocycles. The van der Waals surface area contributed by atoms with Gasteiger partial charge in [0.25, 0.3) is 0 Å². The lowest BCUT2D eigenvalue weighted by molar-refractivity contribution is 0.0946. The second kappa shape index (κ2) is 6.58. The van der Waals surface area contributed by atoms with Crippen LogP contribution in [-0.4, -0.2) is 44.3 Å². The van der Waals surface area contributed by atoms with E-state index in [9.17, 15) is 0 Å². The van der Waals surface area contributed by atoms with E-state index in [4.69, 9.17) is 10.5 Å². The molecular formula is C13H28N2O. The maximum atomic E-state index is 5.91. The van der Waals surface area contributed by atoms with Gasteiger partial charge in [-0.1, -0.05) is 20.8 Å². The molecule has 1 rings (SSSR count). The molecule has 0 aromatic carbocycles. The van der Waals surface area contributed by atoms with Gasteiger partial charge in [0.05, 0.1) is 6.61 Å². The second-order valence-electron chi connectivity index (χ2n) is 5.52. The van der Waals surface area contributed by atoms with Crippen LogP contribution in [0, 0.1) is 17.8 Å². The van der Waals surface area contributed by atoms with Crippen LogP contribution in [0.3, 0.4) is 0 Å². The summed E-state index contributed by atoms with van der Waals surface area (Å²) in [5.74, 6) is 2.17. The molecule has 0 amide bonds. The summed E-state index contributed by atoms with van der Waals surface area (Å²) < 4.78 is 5.24. The van der Waals surface area contributed by atoms with E-state index < -0.39 is 0 Å². The largest absolute Gasteiger partial charge is 0.384 e. The van der Waals surface area contributed by atoms with Gasteiger partial charge in [-0.3, -0.25) is 4.90 Å². The molecule has 0 aromatic rings. The van der Waals surface area contributed by atoms with Gasteiger partial charge < -0.3 is 10.5 Å². The van der Waals surface area contributed by atoms with Crippen LogP contribution in [-0.2, 0) is 4.74 Å². The summed E-state index contributed by atoms with van der Waals surface area (Å²) in [5.41, 5.74) is 5.91. The Morgan fingerprint density at radius 2 is 2.06 bits per heavy atom. The molecule has 0 aromatic heterocycles. The predicted molar refractivity (Wildman–Crippen MR) is 68.4 cm³/mol. The van der Waals surface area contributed by atoms with Crippen LogP contribution >= 0.6 is 0 Å². The number of methoxy groups -OCH3 is 1. The number of likely N-dealkylation sites (tertiary alicyclic amines) is 1. The van der Waals surface area contributed by atoms with E-state index in [0.29, 0.717) is 12.0 Å². The van der Waals surface area contributed by atoms with Gasteiger partial charge in [0, 0.05) is 26.2 Å². The molecule has 96 valence electrons. The first kappa shape index (κ1) is 13.9. The zero-order chi connectivity index (χ0) is 12.1. The standard InChI is InChI=1S/C13H28N2O/c1-10(2)12-5-6-15(8-12)13(7-14)11(3)9-16-4/h10-13H,5-9,14H2,1-4H3. The van der Waals surface area contributed by atoms with Gasteiger partial charge >= 0.3 is 0 Å². The van der Waals surface area contributed by atoms with E-state index in [2.05, 4.69) is 25.7 Å². The molecule has 0 saturated carbocycles. The molecule has 3 atom stereocenters. The van der Waals surface area contributed by atoms with Crippen molar-refractivity contribution in [2.24, 2.45) is 23.5 Å². The third kappa shape index (κ3) is 3.44. The normalized spacial score (nSPS) is 26.2. The first-order valence-electron chi connectivity index (χ1n) is 6.53. The molecular weight excluding hydrogens is 200 g/mol. The van der Waals surface area contributed by atoms with Crippen molar-refractivity contribution in [1.29, 1.82) is 0 Å². The predicted octanol–water partition coefficient (Wildman–Crippen LogP) is 1.57. The van der Waals surface area contributed by atoms with Crippen LogP contribution in [0.25, 0.3) is 0 Å². The quantitative estimate of drug-likeness (QED) is 0.750. The third-order valence-electron chi connectivity index (χ3n) is 4.00. The minimum absolute atomic E-state index is 0.490. The molecule has 1 fully saturated rings. The first-order chi connectivity index (χ1) is 7.60. The van der Waals surface area contributed by atoms with Crippen LogP contribution in [0.15, 0.2) is 0 Å². The van der Waals surface area contributed by atoms with Crippen molar-refractivity contribution in [3.8, 4) is 0 Å². The van der Waals surface area contributed by atoms with Crippen molar-refractivity contribution in [2.45, 2.75) is 33.2 Å². The topological polar surface area (TPSA) is 38.5 Å². The van der Waals surface area contributed by atoms with Crippen LogP contribution < -0.4 is 5.73 Å². The number of nitrogens with two attached hydrogens (primary N) is 1. The van der Waals surface area contributed by atoms with Crippen molar-refractivity contribution in [2.75, 3.05) is 33.4 Å². The van der Waals surface area contributed by atoms with Crippen molar-refractivity contribution in [3.05, 3.63) is 0 Å². The van der Waals surface area contributed by atoms with Crippen molar-refractivity contribution >= 4 is 0 Å². The number of nitrogens with zero attached hydrogens (tertiary/aromatic N) is 1. The molecule has 1 aliphatic rings. The molecule has 16 heavy (non-hydrogen) atoms. The maximum absolute atomic E-state index is 5.91. The van der Waals surface area contributed by atoms with E-state index in [1.807, 2.05) is 0 Å². The molecule has 1 heterocycles. The van der Waals surface area contributed by atoms with Gasteiger partial charge in [0.1, 0.15) is 0 Å². The van der Waals surface area contributed by atoms with Gasteiger partial charge in [-0.15, -0.1) is 0 Å². The number of rotatable bonds is 6. The number of hydrogen-bond donors (Lipinski definition) is 1. The average molecular weight is 228 g/mol. The van der Waals surface area contributed by atoms with Gasteiger partial charge in [-0.25, -0.2) is 0 Å². The van der Waals surface area contributed by atoms with Crippen molar-refractivity contribution in [1.82, 2.24) is 4.90 Å². The number of hydrogen-bond acceptors (Lipinski definition) is 3. The molecule has 0 bridgehead atoms. The Bertz CT molecular complexity index is 196. The minimum atomic E-state index is 0.490. The van der Waals surface area contributed by atoms with Gasteiger partial charge in [0.15, 0.2) is 0 Å². The monoisotopic (exact) mass is 228 g/mol. The van der Waals surface area contributed by atoms with E-state index >= 15 is 0 Å². The van der Waals surface area contributed by atoms with E-state index in [1.54, 1.807) is 7.11 Å². The van der Waals surface area contributed by atoms with Crippen LogP contribution in [0.2, 0.25) is 0 Å². The Labute approximate surface area is 100 Å². The lowest BCUT2D eigenvalue weighted by Gasteiger charge is -2.31. The van der Waals surface area contributed by atoms with Gasteiger partial charge in [-0.2, -0.15) is 0 Å². The van der Waals surface area contributed by atoms with Crippen LogP contribution in [0.5, 0.6) is 0 Å². The van der Waals surface area contributed by atoms with Gasteiger partial charge in [0.2, 0.25) is 0 Å². The summed E-state index contributed by atoms with van der Waals surface area (Å²) in [5, 5.41) is 0. The highest BCUT2D eigenvalue weighted by Crippen LogP contribution is 2.26. The first-order valence-corrected chi connectivity index (χ1v) is 6.53. The fourth-order valence-electron chi connectivity index (χ4n) is 2.78. The SMILES string of the molecule is COCC(C)C(CN)N1CCC(C(C)C)C1. The summed E-state index contributed by atoms with van der Waals surface area (Å²) in [6, 6.07) is 0.490. The second-order valence-corrected chi connectivity index (χ2v) is 5.52. The van der Waals surface area contributed by atoms with Crippen LogP contribution in [0.1, 0.15) is 27.2 Å². The average Bonchev–Trinajstić information content (AvgIpc) is 2.68. The van der Waals surface area contributed by atoms with Gasteiger partial charge in [-0.05, 0) is 30.7 Å². The third-order valence-corrected chi connectivity index (χ3v) is 4.00. The maximum Gasteiger partial charge on any atom is 0.0503 e. The molecule has 3 heteroatoms.